The minimum Gasteiger partial charge on any atom is -0.341 e. The highest BCUT2D eigenvalue weighted by molar-refractivity contribution is 9.09. The number of benzene rings is 1. The fourth-order valence-corrected chi connectivity index (χ4v) is 1.79. The van der Waals surface area contributed by atoms with Crippen LogP contribution in [0.5, 0.6) is 0 Å². The molecule has 0 bridgehead atoms. The molecule has 3 nitrogen and oxygen atoms in total. The van der Waals surface area contributed by atoms with Crippen LogP contribution < -0.4 is 0 Å². The highest BCUT2D eigenvalue weighted by Gasteiger charge is 2.13. The van der Waals surface area contributed by atoms with Crippen LogP contribution in [-0.2, 0) is 0 Å². The zero-order valence-electron chi connectivity index (χ0n) is 8.83. The second kappa shape index (κ2) is 4.61. The first kappa shape index (κ1) is 11.1. The number of hydrogen-bond donors (Lipinski definition) is 1. The van der Waals surface area contributed by atoms with Crippen LogP contribution in [0.1, 0.15) is 16.2 Å². The summed E-state index contributed by atoms with van der Waals surface area (Å²) in [5, 5.41) is 0.299. The third kappa shape index (κ3) is 2.07. The molecule has 0 aliphatic rings. The van der Waals surface area contributed by atoms with Gasteiger partial charge in [0.05, 0.1) is 5.33 Å². The van der Waals surface area contributed by atoms with Crippen LogP contribution in [0.4, 0.5) is 0 Å². The molecule has 0 amide bonds. The summed E-state index contributed by atoms with van der Waals surface area (Å²) < 4.78 is 0. The fourth-order valence-electron chi connectivity index (χ4n) is 1.53. The number of carbonyl (C=O) groups is 1. The zero-order valence-corrected chi connectivity index (χ0v) is 10.4. The summed E-state index contributed by atoms with van der Waals surface area (Å²) >= 11 is 3.15. The van der Waals surface area contributed by atoms with Gasteiger partial charge in [0, 0.05) is 11.3 Å². The van der Waals surface area contributed by atoms with E-state index in [2.05, 4.69) is 25.9 Å². The van der Waals surface area contributed by atoms with Gasteiger partial charge in [0.2, 0.25) is 0 Å². The standard InChI is InChI=1S/C12H11BrN2O/c1-8-11(10(16)7-13)15-12(14-8)9-5-3-2-4-6-9/h2-6H,7H2,1H3,(H,14,15). The van der Waals surface area contributed by atoms with Crippen LogP contribution >= 0.6 is 15.9 Å². The van der Waals surface area contributed by atoms with E-state index in [-0.39, 0.29) is 5.78 Å². The number of halogens is 1. The number of rotatable bonds is 3. The Balaban J connectivity index is 2.42. The van der Waals surface area contributed by atoms with Gasteiger partial charge in [-0.15, -0.1) is 0 Å². The Hall–Kier alpha value is -1.42. The molecule has 0 saturated carbocycles. The van der Waals surface area contributed by atoms with E-state index in [1.54, 1.807) is 0 Å². The summed E-state index contributed by atoms with van der Waals surface area (Å²) in [4.78, 5) is 19.0. The average molecular weight is 279 g/mol. The molecule has 1 heterocycles. The molecule has 2 aromatic rings. The molecule has 0 aliphatic heterocycles. The third-order valence-electron chi connectivity index (χ3n) is 2.32. The summed E-state index contributed by atoms with van der Waals surface area (Å²) in [6.45, 7) is 1.86. The predicted octanol–water partition coefficient (Wildman–Crippen LogP) is 2.96. The SMILES string of the molecule is Cc1[nH]c(-c2ccccc2)nc1C(=O)CBr. The van der Waals surface area contributed by atoms with Crippen molar-refractivity contribution in [3.63, 3.8) is 0 Å². The van der Waals surface area contributed by atoms with Crippen LogP contribution in [0.3, 0.4) is 0 Å². The third-order valence-corrected chi connectivity index (χ3v) is 2.83. The molecule has 1 aromatic heterocycles. The minimum absolute atomic E-state index is 0.00377. The van der Waals surface area contributed by atoms with E-state index < -0.39 is 0 Å². The van der Waals surface area contributed by atoms with Gasteiger partial charge in [-0.2, -0.15) is 0 Å². The van der Waals surface area contributed by atoms with Crippen LogP contribution in [-0.4, -0.2) is 21.1 Å². The molecule has 4 heteroatoms. The molecule has 1 aromatic carbocycles. The second-order valence-electron chi connectivity index (χ2n) is 3.48. The van der Waals surface area contributed by atoms with Crippen LogP contribution in [0.25, 0.3) is 11.4 Å². The number of carbonyl (C=O) groups excluding carboxylic acids is 1. The summed E-state index contributed by atoms with van der Waals surface area (Å²) in [6.07, 6.45) is 0. The molecular weight excluding hydrogens is 268 g/mol. The Labute approximate surface area is 102 Å². The first-order valence-electron chi connectivity index (χ1n) is 4.93. The molecule has 0 aliphatic carbocycles. The number of H-pyrrole nitrogens is 1. The van der Waals surface area contributed by atoms with Crippen molar-refractivity contribution in [3.05, 3.63) is 41.7 Å². The van der Waals surface area contributed by atoms with E-state index in [1.165, 1.54) is 0 Å². The van der Waals surface area contributed by atoms with Crippen molar-refractivity contribution in [1.82, 2.24) is 9.97 Å². The van der Waals surface area contributed by atoms with E-state index in [1.807, 2.05) is 37.3 Å². The quantitative estimate of drug-likeness (QED) is 0.693. The van der Waals surface area contributed by atoms with E-state index >= 15 is 0 Å². The van der Waals surface area contributed by atoms with E-state index in [4.69, 9.17) is 0 Å². The molecular formula is C12H11BrN2O. The number of nitrogens with one attached hydrogen (secondary N) is 1. The fraction of sp³-hybridized carbons (Fsp3) is 0.167. The van der Waals surface area contributed by atoms with Gasteiger partial charge in [-0.3, -0.25) is 4.79 Å². The smallest absolute Gasteiger partial charge is 0.193 e. The molecule has 0 unspecified atom stereocenters. The number of ketones is 1. The molecule has 82 valence electrons. The van der Waals surface area contributed by atoms with E-state index in [0.29, 0.717) is 11.0 Å². The molecule has 16 heavy (non-hydrogen) atoms. The number of hydrogen-bond acceptors (Lipinski definition) is 2. The van der Waals surface area contributed by atoms with Crippen molar-refractivity contribution < 1.29 is 4.79 Å². The highest BCUT2D eigenvalue weighted by atomic mass is 79.9. The Morgan fingerprint density at radius 2 is 2.06 bits per heavy atom. The van der Waals surface area contributed by atoms with Gasteiger partial charge in [0.1, 0.15) is 11.5 Å². The first-order chi connectivity index (χ1) is 7.72. The van der Waals surface area contributed by atoms with Crippen molar-refractivity contribution in [2.75, 3.05) is 5.33 Å². The van der Waals surface area contributed by atoms with Crippen molar-refractivity contribution in [1.29, 1.82) is 0 Å². The van der Waals surface area contributed by atoms with Crippen molar-refractivity contribution in [3.8, 4) is 11.4 Å². The molecule has 0 spiro atoms. The van der Waals surface area contributed by atoms with Crippen LogP contribution in [0, 0.1) is 6.92 Å². The van der Waals surface area contributed by atoms with Gasteiger partial charge in [-0.25, -0.2) is 4.98 Å². The van der Waals surface area contributed by atoms with E-state index in [9.17, 15) is 4.79 Å². The normalized spacial score (nSPS) is 10.4. The number of aromatic amines is 1. The topological polar surface area (TPSA) is 45.8 Å². The highest BCUT2D eigenvalue weighted by Crippen LogP contribution is 2.18. The van der Waals surface area contributed by atoms with E-state index in [0.717, 1.165) is 17.1 Å². The number of imidazole rings is 1. The maximum absolute atomic E-state index is 11.5. The summed E-state index contributed by atoms with van der Waals surface area (Å²) in [6, 6.07) is 9.75. The summed E-state index contributed by atoms with van der Waals surface area (Å²) in [5.41, 5.74) is 2.30. The summed E-state index contributed by atoms with van der Waals surface area (Å²) in [7, 11) is 0. The minimum atomic E-state index is -0.00377. The van der Waals surface area contributed by atoms with Crippen molar-refractivity contribution in [2.24, 2.45) is 0 Å². The number of aryl methyl sites for hydroxylation is 1. The van der Waals surface area contributed by atoms with Gasteiger partial charge >= 0.3 is 0 Å². The van der Waals surface area contributed by atoms with Gasteiger partial charge in [0.15, 0.2) is 5.78 Å². The number of nitrogens with zero attached hydrogens (tertiary/aromatic N) is 1. The second-order valence-corrected chi connectivity index (χ2v) is 4.04. The van der Waals surface area contributed by atoms with Gasteiger partial charge in [-0.1, -0.05) is 46.3 Å². The maximum atomic E-state index is 11.5. The molecule has 2 rings (SSSR count). The Kier molecular flexibility index (Phi) is 3.19. The predicted molar refractivity (Wildman–Crippen MR) is 66.9 cm³/mol. The molecule has 0 atom stereocenters. The van der Waals surface area contributed by atoms with Crippen LogP contribution in [0.2, 0.25) is 0 Å². The van der Waals surface area contributed by atoms with Crippen LogP contribution in [0.15, 0.2) is 30.3 Å². The van der Waals surface area contributed by atoms with Gasteiger partial charge in [-0.05, 0) is 6.92 Å². The largest absolute Gasteiger partial charge is 0.341 e. The number of alkyl halides is 1. The maximum Gasteiger partial charge on any atom is 0.193 e. The Morgan fingerprint density at radius 3 is 2.69 bits per heavy atom. The molecule has 0 saturated heterocycles. The number of Topliss-reactive ketones (excluding diaryl/α,β-unsaturated/α-hetero) is 1. The summed E-state index contributed by atoms with van der Waals surface area (Å²) in [5.74, 6) is 0.735. The monoisotopic (exact) mass is 278 g/mol. The first-order valence-corrected chi connectivity index (χ1v) is 6.05. The lowest BCUT2D eigenvalue weighted by Crippen LogP contribution is -2.02. The number of aromatic nitrogens is 2. The van der Waals surface area contributed by atoms with Gasteiger partial charge in [0.25, 0.3) is 0 Å². The zero-order chi connectivity index (χ0) is 11.5. The Bertz CT molecular complexity index is 505. The average Bonchev–Trinajstić information content (AvgIpc) is 2.71. The Morgan fingerprint density at radius 1 is 1.38 bits per heavy atom. The molecule has 0 radical (unpaired) electrons. The lowest BCUT2D eigenvalue weighted by molar-refractivity contribution is 0.101. The molecule has 0 fully saturated rings. The van der Waals surface area contributed by atoms with Gasteiger partial charge < -0.3 is 4.98 Å². The molecule has 1 N–H and O–H groups in total. The van der Waals surface area contributed by atoms with Crippen molar-refractivity contribution >= 4 is 21.7 Å². The lowest BCUT2D eigenvalue weighted by Gasteiger charge is -1.93. The van der Waals surface area contributed by atoms with Crippen molar-refractivity contribution in [2.45, 2.75) is 6.92 Å². The lowest BCUT2D eigenvalue weighted by atomic mass is 10.2.